The molecule has 44 heavy (non-hydrogen) atoms. The van der Waals surface area contributed by atoms with Crippen molar-refractivity contribution >= 4 is 0 Å². The van der Waals surface area contributed by atoms with Crippen molar-refractivity contribution in [3.05, 3.63) is 137 Å². The highest BCUT2D eigenvalue weighted by Gasteiger charge is 2.41. The van der Waals surface area contributed by atoms with Gasteiger partial charge in [-0.2, -0.15) is 14.0 Å². The Morgan fingerprint density at radius 1 is 0.636 bits per heavy atom. The molecule has 0 unspecified atom stereocenters. The number of unbranched alkanes of at least 4 members (excludes halogenated alkanes) is 2. The van der Waals surface area contributed by atoms with E-state index >= 15 is 22.0 Å². The average Bonchev–Trinajstić information content (AvgIpc) is 3.01. The Kier molecular flexibility index (Phi) is 9.10. The van der Waals surface area contributed by atoms with Gasteiger partial charge in [-0.15, -0.1) is 0 Å². The topological polar surface area (TPSA) is 33.0 Å². The van der Waals surface area contributed by atoms with Crippen LogP contribution < -0.4 is 4.74 Å². The van der Waals surface area contributed by atoms with Crippen molar-refractivity contribution in [1.82, 2.24) is 0 Å². The van der Waals surface area contributed by atoms with E-state index in [-0.39, 0.29) is 16.9 Å². The Bertz CT molecular complexity index is 1770. The molecule has 0 aliphatic heterocycles. The fraction of sp³-hybridized carbons (Fsp3) is 0.162. The maximum Gasteiger partial charge on any atom is 0.432 e. The quantitative estimate of drug-likeness (QED) is 0.119. The van der Waals surface area contributed by atoms with Gasteiger partial charge in [0.1, 0.15) is 28.8 Å². The number of nitrogens with zero attached hydrogens (tertiary/aromatic N) is 1. The lowest BCUT2D eigenvalue weighted by molar-refractivity contribution is -0.189. The minimum atomic E-state index is -4.35. The van der Waals surface area contributed by atoms with Gasteiger partial charge in [-0.05, 0) is 88.7 Å². The number of benzene rings is 5. The molecule has 0 aromatic heterocycles. The first kappa shape index (κ1) is 30.5. The summed E-state index contributed by atoms with van der Waals surface area (Å²) in [6.07, 6.45) is -0.0133. The largest absolute Gasteiger partial charge is 0.432 e. The van der Waals surface area contributed by atoms with Crippen LogP contribution in [0, 0.1) is 28.8 Å². The predicted molar refractivity (Wildman–Crippen MR) is 162 cm³/mol. The van der Waals surface area contributed by atoms with Gasteiger partial charge >= 0.3 is 6.11 Å². The third-order valence-corrected chi connectivity index (χ3v) is 7.42. The molecule has 0 saturated carbocycles. The highest BCUT2D eigenvalue weighted by Crippen LogP contribution is 2.38. The van der Waals surface area contributed by atoms with Crippen molar-refractivity contribution in [2.75, 3.05) is 0 Å². The smallest absolute Gasteiger partial charge is 0.429 e. The molecule has 2 nitrogen and oxygen atoms in total. The van der Waals surface area contributed by atoms with Gasteiger partial charge in [-0.1, -0.05) is 80.4 Å². The van der Waals surface area contributed by atoms with Gasteiger partial charge < -0.3 is 4.74 Å². The Labute approximate surface area is 253 Å². The van der Waals surface area contributed by atoms with Crippen LogP contribution >= 0.6 is 0 Å². The number of hydrogen-bond donors (Lipinski definition) is 0. The van der Waals surface area contributed by atoms with Crippen LogP contribution in [0.2, 0.25) is 0 Å². The monoisotopic (exact) mass is 597 g/mol. The predicted octanol–water partition coefficient (Wildman–Crippen LogP) is 10.8. The first-order valence-corrected chi connectivity index (χ1v) is 14.2. The zero-order chi connectivity index (χ0) is 31.3. The fourth-order valence-corrected chi connectivity index (χ4v) is 5.03. The fourth-order valence-electron chi connectivity index (χ4n) is 5.03. The summed E-state index contributed by atoms with van der Waals surface area (Å²) in [5.41, 5.74) is 2.50. The standard InChI is InChI=1S/C37H28F5NO/c1-2-3-4-5-24-6-10-28(11-7-24)29-16-19-32(33(38)20-29)30-21-34(39)36(35(40)22-30)37(41,42)44-31-17-14-27(15-18-31)26-12-8-25(23-43)9-13-26/h6-22H,2-5H2,1H3. The number of rotatable bonds is 10. The third-order valence-electron chi connectivity index (χ3n) is 7.42. The van der Waals surface area contributed by atoms with Crippen LogP contribution in [0.3, 0.4) is 0 Å². The summed E-state index contributed by atoms with van der Waals surface area (Å²) >= 11 is 0. The molecule has 0 fully saturated rings. The number of hydrogen-bond acceptors (Lipinski definition) is 2. The Hall–Kier alpha value is -4.96. The Morgan fingerprint density at radius 2 is 1.16 bits per heavy atom. The molecule has 0 heterocycles. The molecule has 5 rings (SSSR count). The molecule has 0 aliphatic carbocycles. The van der Waals surface area contributed by atoms with Crippen LogP contribution in [0.25, 0.3) is 33.4 Å². The molecule has 0 radical (unpaired) electrons. The van der Waals surface area contributed by atoms with Crippen LogP contribution in [0.4, 0.5) is 22.0 Å². The molecule has 0 N–H and O–H groups in total. The Morgan fingerprint density at radius 3 is 1.73 bits per heavy atom. The molecule has 0 amide bonds. The van der Waals surface area contributed by atoms with Crippen LogP contribution in [0.15, 0.2) is 103 Å². The third kappa shape index (κ3) is 6.81. The van der Waals surface area contributed by atoms with E-state index in [0.29, 0.717) is 28.8 Å². The van der Waals surface area contributed by atoms with E-state index in [0.717, 1.165) is 36.8 Å². The second-order valence-corrected chi connectivity index (χ2v) is 10.5. The summed E-state index contributed by atoms with van der Waals surface area (Å²) in [6.45, 7) is 2.14. The van der Waals surface area contributed by atoms with Gasteiger partial charge in [0.2, 0.25) is 0 Å². The summed E-state index contributed by atoms with van der Waals surface area (Å²) in [7, 11) is 0. The van der Waals surface area contributed by atoms with Crippen molar-refractivity contribution < 1.29 is 26.7 Å². The van der Waals surface area contributed by atoms with Crippen molar-refractivity contribution in [3.63, 3.8) is 0 Å². The normalized spacial score (nSPS) is 11.3. The molecule has 0 bridgehead atoms. The molecule has 7 heteroatoms. The average molecular weight is 598 g/mol. The van der Waals surface area contributed by atoms with Crippen molar-refractivity contribution in [2.45, 2.75) is 38.7 Å². The lowest BCUT2D eigenvalue weighted by Gasteiger charge is -2.20. The van der Waals surface area contributed by atoms with Gasteiger partial charge in [0.05, 0.1) is 11.6 Å². The molecule has 5 aromatic carbocycles. The summed E-state index contributed by atoms with van der Waals surface area (Å²) in [5, 5.41) is 8.93. The number of aryl methyl sites for hydroxylation is 1. The van der Waals surface area contributed by atoms with E-state index in [4.69, 9.17) is 10.00 Å². The van der Waals surface area contributed by atoms with Crippen molar-refractivity contribution in [2.24, 2.45) is 0 Å². The van der Waals surface area contributed by atoms with Gasteiger partial charge in [0.15, 0.2) is 0 Å². The van der Waals surface area contributed by atoms with Gasteiger partial charge in [0, 0.05) is 5.56 Å². The molecular weight excluding hydrogens is 569 g/mol. The van der Waals surface area contributed by atoms with E-state index in [2.05, 4.69) is 6.92 Å². The van der Waals surface area contributed by atoms with E-state index < -0.39 is 29.1 Å². The highest BCUT2D eigenvalue weighted by atomic mass is 19.3. The van der Waals surface area contributed by atoms with E-state index in [9.17, 15) is 0 Å². The molecule has 0 spiro atoms. The molecule has 222 valence electrons. The molecular formula is C37H28F5NO. The Balaban J connectivity index is 1.33. The maximum atomic E-state index is 15.2. The summed E-state index contributed by atoms with van der Waals surface area (Å²) < 4.78 is 80.0. The minimum Gasteiger partial charge on any atom is -0.429 e. The van der Waals surface area contributed by atoms with E-state index in [1.54, 1.807) is 30.3 Å². The molecule has 5 aromatic rings. The molecule has 0 atom stereocenters. The second-order valence-electron chi connectivity index (χ2n) is 10.5. The first-order chi connectivity index (χ1) is 21.2. The number of alkyl halides is 2. The van der Waals surface area contributed by atoms with Crippen LogP contribution in [-0.4, -0.2) is 0 Å². The van der Waals surface area contributed by atoms with Crippen LogP contribution in [0.1, 0.15) is 42.9 Å². The van der Waals surface area contributed by atoms with Crippen molar-refractivity contribution in [1.29, 1.82) is 5.26 Å². The summed E-state index contributed by atoms with van der Waals surface area (Å²) in [6, 6.07) is 27.6. The van der Waals surface area contributed by atoms with Gasteiger partial charge in [-0.3, -0.25) is 0 Å². The SMILES string of the molecule is CCCCCc1ccc(-c2ccc(-c3cc(F)c(C(F)(F)Oc4ccc(-c5ccc(C#N)cc5)cc4)c(F)c3)c(F)c2)cc1. The highest BCUT2D eigenvalue weighted by molar-refractivity contribution is 5.71. The zero-order valence-corrected chi connectivity index (χ0v) is 23.9. The maximum absolute atomic E-state index is 15.2. The first-order valence-electron chi connectivity index (χ1n) is 14.2. The number of ether oxygens (including phenoxy) is 1. The zero-order valence-electron chi connectivity index (χ0n) is 23.9. The minimum absolute atomic E-state index is 0.128. The lowest BCUT2D eigenvalue weighted by Crippen LogP contribution is -2.25. The number of nitriles is 1. The van der Waals surface area contributed by atoms with E-state index in [1.807, 2.05) is 30.3 Å². The summed E-state index contributed by atoms with van der Waals surface area (Å²) in [5.74, 6) is -4.19. The second kappa shape index (κ2) is 13.1. The molecule has 0 saturated heterocycles. The van der Waals surface area contributed by atoms with Crippen LogP contribution in [0.5, 0.6) is 5.75 Å². The van der Waals surface area contributed by atoms with E-state index in [1.165, 1.54) is 42.0 Å². The number of halogens is 5. The molecule has 0 aliphatic rings. The van der Waals surface area contributed by atoms with Gasteiger partial charge in [-0.25, -0.2) is 13.2 Å². The van der Waals surface area contributed by atoms with Gasteiger partial charge in [0.25, 0.3) is 0 Å². The van der Waals surface area contributed by atoms with Crippen LogP contribution in [-0.2, 0) is 12.5 Å². The van der Waals surface area contributed by atoms with Crippen molar-refractivity contribution in [3.8, 4) is 45.2 Å². The summed E-state index contributed by atoms with van der Waals surface area (Å²) in [4.78, 5) is 0. The lowest BCUT2D eigenvalue weighted by atomic mass is 9.97.